The number of piperazine rings is 1. The van der Waals surface area contributed by atoms with Gasteiger partial charge in [0.1, 0.15) is 0 Å². The average Bonchev–Trinajstić information content (AvgIpc) is 3.33. The number of ether oxygens (including phenoxy) is 1. The molecule has 0 bridgehead atoms. The molecule has 2 saturated heterocycles. The summed E-state index contributed by atoms with van der Waals surface area (Å²) in [7, 11) is -1.73. The number of aromatic nitrogens is 2. The zero-order valence-electron chi connectivity index (χ0n) is 17.8. The Balaban J connectivity index is 1.49. The van der Waals surface area contributed by atoms with Gasteiger partial charge < -0.3 is 9.30 Å². The van der Waals surface area contributed by atoms with Gasteiger partial charge in [0.25, 0.3) is 0 Å². The first-order chi connectivity index (χ1) is 14.1. The topological polar surface area (TPSA) is 67.7 Å². The molecule has 1 aromatic heterocycles. The molecule has 0 spiro atoms. The number of sulfone groups is 1. The zero-order chi connectivity index (χ0) is 20.3. The highest BCUT2D eigenvalue weighted by molar-refractivity contribution is 7.91. The molecule has 8 heteroatoms. The number of hydrogen-bond acceptors (Lipinski definition) is 6. The predicted molar refractivity (Wildman–Crippen MR) is 113 cm³/mol. The van der Waals surface area contributed by atoms with Gasteiger partial charge in [0, 0.05) is 45.9 Å². The van der Waals surface area contributed by atoms with Gasteiger partial charge in [-0.3, -0.25) is 9.80 Å². The third-order valence-electron chi connectivity index (χ3n) is 6.94. The number of hydrogen-bond donors (Lipinski definition) is 0. The molecule has 3 aliphatic rings. The van der Waals surface area contributed by atoms with Crippen molar-refractivity contribution in [1.82, 2.24) is 19.4 Å². The summed E-state index contributed by atoms with van der Waals surface area (Å²) in [6.07, 6.45) is 9.94. The second kappa shape index (κ2) is 9.45. The molecule has 1 atom stereocenters. The maximum atomic E-state index is 13.2. The van der Waals surface area contributed by atoms with Gasteiger partial charge in [-0.1, -0.05) is 19.3 Å². The minimum absolute atomic E-state index is 0.233. The van der Waals surface area contributed by atoms with Crippen LogP contribution in [0.1, 0.15) is 50.6 Å². The van der Waals surface area contributed by atoms with Crippen molar-refractivity contribution in [2.75, 3.05) is 45.6 Å². The highest BCUT2D eigenvalue weighted by Gasteiger charge is 2.32. The first-order valence-electron chi connectivity index (χ1n) is 11.3. The number of rotatable bonds is 8. The highest BCUT2D eigenvalue weighted by atomic mass is 32.2. The van der Waals surface area contributed by atoms with E-state index in [0.29, 0.717) is 19.2 Å². The van der Waals surface area contributed by atoms with Crippen LogP contribution >= 0.6 is 0 Å². The van der Waals surface area contributed by atoms with Gasteiger partial charge in [-0.15, -0.1) is 0 Å². The fourth-order valence-corrected chi connectivity index (χ4v) is 7.22. The molecular formula is C21H36N4O3S. The quantitative estimate of drug-likeness (QED) is 0.637. The number of methoxy groups -OCH3 is 1. The van der Waals surface area contributed by atoms with Crippen LogP contribution in [0.2, 0.25) is 0 Å². The molecule has 0 N–H and O–H groups in total. The monoisotopic (exact) mass is 424 g/mol. The number of nitrogens with zero attached hydrogens (tertiary/aromatic N) is 4. The van der Waals surface area contributed by atoms with E-state index in [4.69, 9.17) is 4.74 Å². The Morgan fingerprint density at radius 1 is 1.10 bits per heavy atom. The zero-order valence-corrected chi connectivity index (χ0v) is 18.6. The van der Waals surface area contributed by atoms with Crippen molar-refractivity contribution in [3.05, 3.63) is 11.9 Å². The molecule has 1 aromatic rings. The first-order valence-corrected chi connectivity index (χ1v) is 12.9. The van der Waals surface area contributed by atoms with Crippen LogP contribution in [0.3, 0.4) is 0 Å². The molecule has 7 nitrogen and oxygen atoms in total. The van der Waals surface area contributed by atoms with E-state index in [0.717, 1.165) is 57.6 Å². The Kier molecular flexibility index (Phi) is 6.94. The van der Waals surface area contributed by atoms with E-state index < -0.39 is 9.84 Å². The third kappa shape index (κ3) is 5.03. The summed E-state index contributed by atoms with van der Waals surface area (Å²) in [5, 5.41) is 0.245. The largest absolute Gasteiger partial charge is 0.383 e. The molecule has 1 unspecified atom stereocenters. The summed E-state index contributed by atoms with van der Waals surface area (Å²) in [6.45, 7) is 6.24. The van der Waals surface area contributed by atoms with Crippen LogP contribution in [0.4, 0.5) is 0 Å². The summed E-state index contributed by atoms with van der Waals surface area (Å²) in [6, 6.07) is 0.661. The Morgan fingerprint density at radius 2 is 1.93 bits per heavy atom. The van der Waals surface area contributed by atoms with Crippen LogP contribution in [-0.4, -0.2) is 79.5 Å². The van der Waals surface area contributed by atoms with Crippen molar-refractivity contribution in [3.8, 4) is 0 Å². The van der Waals surface area contributed by atoms with E-state index in [9.17, 15) is 8.42 Å². The number of imidazole rings is 1. The highest BCUT2D eigenvalue weighted by Crippen LogP contribution is 2.28. The summed E-state index contributed by atoms with van der Waals surface area (Å²) >= 11 is 0. The Bertz CT molecular complexity index is 773. The van der Waals surface area contributed by atoms with Gasteiger partial charge in [-0.25, -0.2) is 13.4 Å². The lowest BCUT2D eigenvalue weighted by atomic mass is 9.91. The van der Waals surface area contributed by atoms with Crippen molar-refractivity contribution in [3.63, 3.8) is 0 Å². The van der Waals surface area contributed by atoms with Crippen LogP contribution in [-0.2, 0) is 27.7 Å². The molecule has 29 heavy (non-hydrogen) atoms. The van der Waals surface area contributed by atoms with Crippen LogP contribution < -0.4 is 0 Å². The van der Waals surface area contributed by atoms with Crippen molar-refractivity contribution >= 4 is 9.84 Å². The molecule has 1 saturated carbocycles. The van der Waals surface area contributed by atoms with Gasteiger partial charge in [-0.05, 0) is 38.1 Å². The second-order valence-electron chi connectivity index (χ2n) is 9.03. The van der Waals surface area contributed by atoms with Crippen LogP contribution in [0.15, 0.2) is 11.4 Å². The summed E-state index contributed by atoms with van der Waals surface area (Å²) in [5.74, 6) is 0.511. The normalized spacial score (nSPS) is 24.8. The van der Waals surface area contributed by atoms with Gasteiger partial charge >= 0.3 is 0 Å². The van der Waals surface area contributed by atoms with Crippen molar-refractivity contribution in [2.24, 2.45) is 5.92 Å². The fourth-order valence-electron chi connectivity index (χ4n) is 5.35. The van der Waals surface area contributed by atoms with E-state index >= 15 is 0 Å². The van der Waals surface area contributed by atoms with E-state index in [1.165, 1.54) is 25.8 Å². The molecule has 3 heterocycles. The van der Waals surface area contributed by atoms with Gasteiger partial charge in [0.15, 0.2) is 0 Å². The molecule has 4 rings (SSSR count). The Labute approximate surface area is 175 Å². The van der Waals surface area contributed by atoms with Gasteiger partial charge in [0.2, 0.25) is 15.0 Å². The lowest BCUT2D eigenvalue weighted by Gasteiger charge is -2.37. The minimum Gasteiger partial charge on any atom is -0.383 e. The van der Waals surface area contributed by atoms with Gasteiger partial charge in [-0.2, -0.15) is 0 Å². The van der Waals surface area contributed by atoms with Gasteiger partial charge in [0.05, 0.1) is 24.3 Å². The maximum Gasteiger partial charge on any atom is 0.227 e. The summed E-state index contributed by atoms with van der Waals surface area (Å²) in [5.41, 5.74) is 0.996. The second-order valence-corrected chi connectivity index (χ2v) is 11.0. The smallest absolute Gasteiger partial charge is 0.227 e. The third-order valence-corrected chi connectivity index (χ3v) is 8.73. The predicted octanol–water partition coefficient (Wildman–Crippen LogP) is 2.16. The lowest BCUT2D eigenvalue weighted by Crippen LogP contribution is -2.49. The van der Waals surface area contributed by atoms with E-state index in [-0.39, 0.29) is 16.8 Å². The van der Waals surface area contributed by atoms with Crippen LogP contribution in [0, 0.1) is 5.92 Å². The molecule has 3 fully saturated rings. The number of fused-ring (bicyclic) bond motifs is 1. The molecule has 1 aliphatic carbocycles. The lowest BCUT2D eigenvalue weighted by molar-refractivity contribution is 0.0967. The van der Waals surface area contributed by atoms with Crippen LogP contribution in [0.25, 0.3) is 0 Å². The summed E-state index contributed by atoms with van der Waals surface area (Å²) in [4.78, 5) is 9.48. The Hall–Kier alpha value is -0.960. The molecule has 0 aromatic carbocycles. The summed E-state index contributed by atoms with van der Waals surface area (Å²) < 4.78 is 33.6. The van der Waals surface area contributed by atoms with E-state index in [1.807, 2.05) is 4.57 Å². The minimum atomic E-state index is -3.39. The first kappa shape index (κ1) is 21.3. The molecule has 2 aliphatic heterocycles. The van der Waals surface area contributed by atoms with Crippen molar-refractivity contribution < 1.29 is 13.2 Å². The van der Waals surface area contributed by atoms with Crippen molar-refractivity contribution in [2.45, 2.75) is 69.2 Å². The maximum absolute atomic E-state index is 13.2. The van der Waals surface area contributed by atoms with Crippen molar-refractivity contribution in [1.29, 1.82) is 0 Å². The van der Waals surface area contributed by atoms with E-state index in [2.05, 4.69) is 14.8 Å². The molecule has 0 radical (unpaired) electrons. The SMILES string of the molecule is COCCn1c(CN2CCN3CCCC3C2)cnc1S(=O)(=O)CC1CCCCC1. The molecule has 0 amide bonds. The molecule has 164 valence electrons. The van der Waals surface area contributed by atoms with E-state index in [1.54, 1.807) is 13.3 Å². The fraction of sp³-hybridized carbons (Fsp3) is 0.857. The molecular weight excluding hydrogens is 388 g/mol. The Morgan fingerprint density at radius 3 is 2.72 bits per heavy atom. The van der Waals surface area contributed by atoms with Crippen LogP contribution in [0.5, 0.6) is 0 Å². The standard InChI is InChI=1S/C21H36N4O3S/c1-28-13-12-25-20(16-23-10-11-24-9-5-8-19(24)15-23)14-22-21(25)29(26,27)17-18-6-3-2-4-7-18/h14,18-19H,2-13,15-17H2,1H3. The average molecular weight is 425 g/mol.